The van der Waals surface area contributed by atoms with Crippen LogP contribution in [0.4, 0.5) is 0 Å². The van der Waals surface area contributed by atoms with Crippen LogP contribution in [-0.4, -0.2) is 45.5 Å². The topological polar surface area (TPSA) is 83.7 Å². The number of carboxylic acids is 1. The highest BCUT2D eigenvalue weighted by Crippen LogP contribution is 2.35. The summed E-state index contributed by atoms with van der Waals surface area (Å²) in [5.41, 5.74) is 3.78. The first-order chi connectivity index (χ1) is 15.1. The molecule has 0 saturated heterocycles. The second-order valence-corrected chi connectivity index (χ2v) is 9.22. The number of aliphatic hydroxyl groups is 1. The summed E-state index contributed by atoms with van der Waals surface area (Å²) in [5.74, 6) is -0.324. The number of ether oxygens (including phenoxy) is 1. The molecule has 32 heavy (non-hydrogen) atoms. The first-order valence-corrected chi connectivity index (χ1v) is 11.1. The molecule has 1 unspecified atom stereocenters. The number of β-amino-alcohol motifs (C(OH)–C–C–N with tert-alkyl or cyclic N) is 1. The van der Waals surface area contributed by atoms with Gasteiger partial charge in [-0.3, -0.25) is 0 Å². The lowest BCUT2D eigenvalue weighted by atomic mass is 10.0. The van der Waals surface area contributed by atoms with Crippen LogP contribution in [0.1, 0.15) is 54.9 Å². The number of rotatable bonds is 9. The van der Waals surface area contributed by atoms with Gasteiger partial charge >= 0.3 is 5.97 Å². The Bertz CT molecular complexity index is 1080. The molecule has 0 radical (unpaired) electrons. The Balaban J connectivity index is 1.97. The van der Waals surface area contributed by atoms with Crippen LogP contribution in [0.3, 0.4) is 0 Å². The Morgan fingerprint density at radius 3 is 2.44 bits per heavy atom. The Morgan fingerprint density at radius 2 is 1.84 bits per heavy atom. The molecular weight excluding hydrogens is 404 g/mol. The molecule has 3 N–H and O–H groups in total. The minimum Gasteiger partial charge on any atom is -0.491 e. The number of benzene rings is 2. The SMILES string of the molecule is CCc1c(OCC(O)CNC(C)(C)C)ccc2c1c(C(=O)O)c(C)n2Cc1ccccc1. The van der Waals surface area contributed by atoms with Crippen LogP contribution in [-0.2, 0) is 13.0 Å². The molecule has 0 bridgehead atoms. The number of aryl methyl sites for hydroxylation is 1. The molecule has 0 spiro atoms. The van der Waals surface area contributed by atoms with E-state index in [0.29, 0.717) is 36.2 Å². The first-order valence-electron chi connectivity index (χ1n) is 11.1. The van der Waals surface area contributed by atoms with E-state index in [1.165, 1.54) is 0 Å². The van der Waals surface area contributed by atoms with E-state index in [1.54, 1.807) is 0 Å². The van der Waals surface area contributed by atoms with E-state index in [2.05, 4.69) is 9.88 Å². The van der Waals surface area contributed by atoms with Gasteiger partial charge in [0, 0.05) is 40.8 Å². The number of aliphatic hydroxyl groups excluding tert-OH is 1. The maximum absolute atomic E-state index is 12.2. The van der Waals surface area contributed by atoms with Crippen LogP contribution in [0.15, 0.2) is 42.5 Å². The fourth-order valence-electron chi connectivity index (χ4n) is 4.00. The number of carbonyl (C=O) groups is 1. The third kappa shape index (κ3) is 5.31. The minimum atomic E-state index is -0.944. The fraction of sp³-hybridized carbons (Fsp3) is 0.423. The van der Waals surface area contributed by atoms with Gasteiger partial charge in [0.25, 0.3) is 0 Å². The monoisotopic (exact) mass is 438 g/mol. The van der Waals surface area contributed by atoms with Crippen molar-refractivity contribution in [3.8, 4) is 5.75 Å². The van der Waals surface area contributed by atoms with E-state index in [9.17, 15) is 15.0 Å². The molecule has 0 aliphatic carbocycles. The molecule has 0 fully saturated rings. The molecular formula is C26H34N2O4. The summed E-state index contributed by atoms with van der Waals surface area (Å²) >= 11 is 0. The largest absolute Gasteiger partial charge is 0.491 e. The molecule has 1 aromatic heterocycles. The summed E-state index contributed by atoms with van der Waals surface area (Å²) in [6, 6.07) is 13.8. The number of fused-ring (bicyclic) bond motifs is 1. The summed E-state index contributed by atoms with van der Waals surface area (Å²) < 4.78 is 8.03. The van der Waals surface area contributed by atoms with Gasteiger partial charge < -0.3 is 24.8 Å². The molecule has 1 atom stereocenters. The van der Waals surface area contributed by atoms with Gasteiger partial charge in [0.15, 0.2) is 0 Å². The Labute approximate surface area is 189 Å². The lowest BCUT2D eigenvalue weighted by Crippen LogP contribution is -2.42. The molecule has 0 aliphatic heterocycles. The summed E-state index contributed by atoms with van der Waals surface area (Å²) in [6.45, 7) is 11.1. The first kappa shape index (κ1) is 23.8. The standard InChI is InChI=1S/C26H34N2O4/c1-6-20-22(32-16-19(29)14-27-26(3,4)5)13-12-21-24(20)23(25(30)31)17(2)28(21)15-18-10-8-7-9-11-18/h7-13,19,27,29H,6,14-16H2,1-5H3,(H,30,31). The number of aromatic nitrogens is 1. The third-order valence-electron chi connectivity index (χ3n) is 5.61. The van der Waals surface area contributed by atoms with Crippen LogP contribution in [0.2, 0.25) is 0 Å². The fourth-order valence-corrected chi connectivity index (χ4v) is 4.00. The Kier molecular flexibility index (Phi) is 7.26. The van der Waals surface area contributed by atoms with E-state index in [-0.39, 0.29) is 12.1 Å². The van der Waals surface area contributed by atoms with Crippen molar-refractivity contribution in [1.29, 1.82) is 0 Å². The molecule has 6 nitrogen and oxygen atoms in total. The average molecular weight is 439 g/mol. The van der Waals surface area contributed by atoms with Gasteiger partial charge in [-0.05, 0) is 51.8 Å². The molecule has 6 heteroatoms. The Morgan fingerprint density at radius 1 is 1.16 bits per heavy atom. The maximum Gasteiger partial charge on any atom is 0.338 e. The van der Waals surface area contributed by atoms with Crippen molar-refractivity contribution in [2.45, 2.75) is 59.2 Å². The predicted molar refractivity (Wildman–Crippen MR) is 128 cm³/mol. The molecule has 3 rings (SSSR count). The Hall–Kier alpha value is -2.83. The van der Waals surface area contributed by atoms with Gasteiger partial charge in [-0.1, -0.05) is 37.3 Å². The lowest BCUT2D eigenvalue weighted by Gasteiger charge is -2.23. The molecule has 0 saturated carbocycles. The number of hydrogen-bond acceptors (Lipinski definition) is 4. The van der Waals surface area contributed by atoms with Gasteiger partial charge in [0.2, 0.25) is 0 Å². The quantitative estimate of drug-likeness (QED) is 0.462. The van der Waals surface area contributed by atoms with Crippen molar-refractivity contribution >= 4 is 16.9 Å². The number of aromatic carboxylic acids is 1. The van der Waals surface area contributed by atoms with Crippen molar-refractivity contribution < 1.29 is 19.7 Å². The smallest absolute Gasteiger partial charge is 0.338 e. The third-order valence-corrected chi connectivity index (χ3v) is 5.61. The maximum atomic E-state index is 12.2. The number of carboxylic acid groups (broad SMARTS) is 1. The zero-order chi connectivity index (χ0) is 23.5. The normalized spacial score (nSPS) is 12.8. The van der Waals surface area contributed by atoms with Crippen molar-refractivity contribution in [3.63, 3.8) is 0 Å². The van der Waals surface area contributed by atoms with E-state index >= 15 is 0 Å². The van der Waals surface area contributed by atoms with Crippen LogP contribution in [0.5, 0.6) is 5.75 Å². The number of nitrogens with zero attached hydrogens (tertiary/aromatic N) is 1. The van der Waals surface area contributed by atoms with E-state index in [1.807, 2.05) is 77.1 Å². The molecule has 172 valence electrons. The van der Waals surface area contributed by atoms with Crippen LogP contribution in [0, 0.1) is 6.92 Å². The summed E-state index contributed by atoms with van der Waals surface area (Å²) in [4.78, 5) is 12.2. The highest BCUT2D eigenvalue weighted by molar-refractivity contribution is 6.07. The highest BCUT2D eigenvalue weighted by Gasteiger charge is 2.24. The van der Waals surface area contributed by atoms with Crippen molar-refractivity contribution in [2.24, 2.45) is 0 Å². The summed E-state index contributed by atoms with van der Waals surface area (Å²) in [5, 5.41) is 24.3. The molecule has 2 aromatic carbocycles. The van der Waals surface area contributed by atoms with Gasteiger partial charge in [-0.25, -0.2) is 4.79 Å². The zero-order valence-electron chi connectivity index (χ0n) is 19.6. The second kappa shape index (κ2) is 9.76. The van der Waals surface area contributed by atoms with Crippen molar-refractivity contribution in [2.75, 3.05) is 13.2 Å². The molecule has 3 aromatic rings. The van der Waals surface area contributed by atoms with E-state index < -0.39 is 12.1 Å². The predicted octanol–water partition coefficient (Wildman–Crippen LogP) is 4.39. The molecule has 0 aliphatic rings. The van der Waals surface area contributed by atoms with Crippen molar-refractivity contribution in [3.05, 3.63) is 64.8 Å². The molecule has 1 heterocycles. The average Bonchev–Trinajstić information content (AvgIpc) is 3.02. The number of nitrogens with one attached hydrogen (secondary N) is 1. The highest BCUT2D eigenvalue weighted by atomic mass is 16.5. The van der Waals surface area contributed by atoms with Crippen LogP contribution in [0.25, 0.3) is 10.9 Å². The van der Waals surface area contributed by atoms with Crippen LogP contribution >= 0.6 is 0 Å². The zero-order valence-corrected chi connectivity index (χ0v) is 19.6. The second-order valence-electron chi connectivity index (χ2n) is 9.22. The van der Waals surface area contributed by atoms with Crippen molar-refractivity contribution in [1.82, 2.24) is 9.88 Å². The van der Waals surface area contributed by atoms with E-state index in [0.717, 1.165) is 22.3 Å². The minimum absolute atomic E-state index is 0.0932. The van der Waals surface area contributed by atoms with Gasteiger partial charge in [0.1, 0.15) is 18.5 Å². The number of hydrogen-bond donors (Lipinski definition) is 3. The van der Waals surface area contributed by atoms with Gasteiger partial charge in [-0.2, -0.15) is 0 Å². The van der Waals surface area contributed by atoms with Gasteiger partial charge in [0.05, 0.1) is 5.56 Å². The molecule has 0 amide bonds. The lowest BCUT2D eigenvalue weighted by molar-refractivity contribution is 0.0697. The van der Waals surface area contributed by atoms with E-state index in [4.69, 9.17) is 4.74 Å². The summed E-state index contributed by atoms with van der Waals surface area (Å²) in [6.07, 6.45) is -0.0454. The summed E-state index contributed by atoms with van der Waals surface area (Å²) in [7, 11) is 0. The van der Waals surface area contributed by atoms with Crippen LogP contribution < -0.4 is 10.1 Å². The van der Waals surface area contributed by atoms with Gasteiger partial charge in [-0.15, -0.1) is 0 Å².